The molecule has 1 aliphatic heterocycles. The van der Waals surface area contributed by atoms with Crippen molar-refractivity contribution in [3.05, 3.63) is 35.9 Å². The number of likely N-dealkylation sites (tertiary alicyclic amines) is 1. The van der Waals surface area contributed by atoms with Gasteiger partial charge in [0.1, 0.15) is 0 Å². The zero-order valence-electron chi connectivity index (χ0n) is 12.0. The highest BCUT2D eigenvalue weighted by Gasteiger charge is 2.24. The maximum atomic E-state index is 10.1. The van der Waals surface area contributed by atoms with Crippen LogP contribution in [0.15, 0.2) is 30.3 Å². The van der Waals surface area contributed by atoms with Crippen molar-refractivity contribution >= 4 is 0 Å². The molecule has 1 aliphatic rings. The van der Waals surface area contributed by atoms with Gasteiger partial charge in [-0.25, -0.2) is 0 Å². The summed E-state index contributed by atoms with van der Waals surface area (Å²) >= 11 is 0. The largest absolute Gasteiger partial charge is 0.391 e. The van der Waals surface area contributed by atoms with Gasteiger partial charge < -0.3 is 15.3 Å². The molecule has 0 saturated carbocycles. The minimum absolute atomic E-state index is 0.297. The van der Waals surface area contributed by atoms with E-state index in [1.54, 1.807) is 0 Å². The summed E-state index contributed by atoms with van der Waals surface area (Å²) in [5, 5.41) is 13.6. The van der Waals surface area contributed by atoms with Crippen molar-refractivity contribution in [3.63, 3.8) is 0 Å². The predicted molar refractivity (Wildman–Crippen MR) is 79.2 cm³/mol. The molecule has 0 bridgehead atoms. The Balaban J connectivity index is 1.73. The zero-order chi connectivity index (χ0) is 13.7. The third-order valence-electron chi connectivity index (χ3n) is 4.04. The van der Waals surface area contributed by atoms with Gasteiger partial charge in [0.2, 0.25) is 0 Å². The summed E-state index contributed by atoms with van der Waals surface area (Å²) < 4.78 is 0. The minimum atomic E-state index is -0.297. The highest BCUT2D eigenvalue weighted by atomic mass is 16.3. The third kappa shape index (κ3) is 4.60. The standard InChI is InChI=1S/C16H26N2O/c1-13-12-18(2)9-8-16(13)17-11-15(19)10-14-6-4-3-5-7-14/h3-7,13,15-17,19H,8-12H2,1-2H3. The Morgan fingerprint density at radius 2 is 2.11 bits per heavy atom. The molecule has 1 aromatic carbocycles. The number of nitrogens with one attached hydrogen (secondary N) is 1. The summed E-state index contributed by atoms with van der Waals surface area (Å²) in [7, 11) is 2.18. The fourth-order valence-electron chi connectivity index (χ4n) is 2.90. The van der Waals surface area contributed by atoms with E-state index in [2.05, 4.69) is 36.3 Å². The molecule has 1 fully saturated rings. The molecule has 0 aromatic heterocycles. The SMILES string of the molecule is CC1CN(C)CCC1NCC(O)Cc1ccccc1. The van der Waals surface area contributed by atoms with E-state index in [9.17, 15) is 5.11 Å². The summed E-state index contributed by atoms with van der Waals surface area (Å²) in [6, 6.07) is 10.7. The third-order valence-corrected chi connectivity index (χ3v) is 4.04. The molecule has 0 amide bonds. The van der Waals surface area contributed by atoms with Crippen molar-refractivity contribution in [2.75, 3.05) is 26.7 Å². The molecule has 3 heteroatoms. The Hall–Kier alpha value is -0.900. The number of piperidine rings is 1. The average Bonchev–Trinajstić information content (AvgIpc) is 2.39. The van der Waals surface area contributed by atoms with Crippen LogP contribution in [0.3, 0.4) is 0 Å². The van der Waals surface area contributed by atoms with E-state index in [1.165, 1.54) is 12.0 Å². The highest BCUT2D eigenvalue weighted by Crippen LogP contribution is 2.15. The first-order chi connectivity index (χ1) is 9.15. The summed E-state index contributed by atoms with van der Waals surface area (Å²) in [5.41, 5.74) is 1.20. The maximum Gasteiger partial charge on any atom is 0.0704 e. The molecule has 19 heavy (non-hydrogen) atoms. The minimum Gasteiger partial charge on any atom is -0.391 e. The summed E-state index contributed by atoms with van der Waals surface area (Å²) in [6.45, 7) is 5.27. The van der Waals surface area contributed by atoms with Crippen molar-refractivity contribution < 1.29 is 5.11 Å². The molecule has 0 aliphatic carbocycles. The van der Waals surface area contributed by atoms with Crippen LogP contribution in [0.2, 0.25) is 0 Å². The molecule has 1 aromatic rings. The molecule has 1 heterocycles. The van der Waals surface area contributed by atoms with Crippen LogP contribution in [0.5, 0.6) is 0 Å². The molecule has 2 rings (SSSR count). The van der Waals surface area contributed by atoms with Crippen LogP contribution < -0.4 is 5.32 Å². The Morgan fingerprint density at radius 3 is 2.79 bits per heavy atom. The number of aliphatic hydroxyl groups is 1. The summed E-state index contributed by atoms with van der Waals surface area (Å²) in [5.74, 6) is 0.655. The molecule has 2 N–H and O–H groups in total. The average molecular weight is 262 g/mol. The topological polar surface area (TPSA) is 35.5 Å². The van der Waals surface area contributed by atoms with Gasteiger partial charge in [0, 0.05) is 19.1 Å². The second kappa shape index (κ2) is 7.04. The van der Waals surface area contributed by atoms with Crippen LogP contribution in [0, 0.1) is 5.92 Å². The number of aliphatic hydroxyl groups excluding tert-OH is 1. The number of hydrogen-bond acceptors (Lipinski definition) is 3. The smallest absolute Gasteiger partial charge is 0.0704 e. The fourth-order valence-corrected chi connectivity index (χ4v) is 2.90. The highest BCUT2D eigenvalue weighted by molar-refractivity contribution is 5.15. The van der Waals surface area contributed by atoms with E-state index >= 15 is 0 Å². The normalized spacial score (nSPS) is 26.3. The van der Waals surface area contributed by atoms with E-state index in [0.717, 1.165) is 19.5 Å². The number of benzene rings is 1. The zero-order valence-corrected chi connectivity index (χ0v) is 12.0. The van der Waals surface area contributed by atoms with Gasteiger partial charge >= 0.3 is 0 Å². The number of hydrogen-bond donors (Lipinski definition) is 2. The molecule has 0 spiro atoms. The molecule has 3 nitrogen and oxygen atoms in total. The van der Waals surface area contributed by atoms with Crippen molar-refractivity contribution in [1.29, 1.82) is 0 Å². The molecular weight excluding hydrogens is 236 g/mol. The Kier molecular flexibility index (Phi) is 5.37. The van der Waals surface area contributed by atoms with Crippen LogP contribution in [0.4, 0.5) is 0 Å². The van der Waals surface area contributed by atoms with E-state index in [-0.39, 0.29) is 6.10 Å². The lowest BCUT2D eigenvalue weighted by atomic mass is 9.94. The van der Waals surface area contributed by atoms with Gasteiger partial charge in [0.25, 0.3) is 0 Å². The van der Waals surface area contributed by atoms with Gasteiger partial charge in [-0.05, 0) is 37.9 Å². The summed E-state index contributed by atoms with van der Waals surface area (Å²) in [4.78, 5) is 2.38. The second-order valence-electron chi connectivity index (χ2n) is 5.89. The second-order valence-corrected chi connectivity index (χ2v) is 5.89. The maximum absolute atomic E-state index is 10.1. The Labute approximate surface area is 116 Å². The van der Waals surface area contributed by atoms with Gasteiger partial charge in [0.05, 0.1) is 6.10 Å². The fraction of sp³-hybridized carbons (Fsp3) is 0.625. The molecule has 106 valence electrons. The Bertz CT molecular complexity index is 368. The van der Waals surface area contributed by atoms with E-state index in [1.807, 2.05) is 18.2 Å². The van der Waals surface area contributed by atoms with E-state index < -0.39 is 0 Å². The van der Waals surface area contributed by atoms with Gasteiger partial charge in [-0.2, -0.15) is 0 Å². The first kappa shape index (κ1) is 14.5. The number of nitrogens with zero attached hydrogens (tertiary/aromatic N) is 1. The Morgan fingerprint density at radius 1 is 1.37 bits per heavy atom. The van der Waals surface area contributed by atoms with Crippen LogP contribution in [-0.4, -0.2) is 48.8 Å². The lowest BCUT2D eigenvalue weighted by Crippen LogP contribution is -2.48. The van der Waals surface area contributed by atoms with Gasteiger partial charge in [-0.1, -0.05) is 37.3 Å². The van der Waals surface area contributed by atoms with E-state index in [0.29, 0.717) is 18.5 Å². The first-order valence-electron chi connectivity index (χ1n) is 7.29. The van der Waals surface area contributed by atoms with E-state index in [4.69, 9.17) is 0 Å². The summed E-state index contributed by atoms with van der Waals surface area (Å²) in [6.07, 6.45) is 1.61. The molecule has 1 saturated heterocycles. The lowest BCUT2D eigenvalue weighted by molar-refractivity contribution is 0.136. The number of rotatable bonds is 5. The van der Waals surface area contributed by atoms with Crippen LogP contribution in [-0.2, 0) is 6.42 Å². The van der Waals surface area contributed by atoms with Gasteiger partial charge in [-0.3, -0.25) is 0 Å². The molecule has 3 unspecified atom stereocenters. The molecule has 3 atom stereocenters. The van der Waals surface area contributed by atoms with Crippen LogP contribution in [0.25, 0.3) is 0 Å². The van der Waals surface area contributed by atoms with Gasteiger partial charge in [0.15, 0.2) is 0 Å². The lowest BCUT2D eigenvalue weighted by Gasteiger charge is -2.35. The first-order valence-corrected chi connectivity index (χ1v) is 7.29. The predicted octanol–water partition coefficient (Wildman–Crippen LogP) is 1.52. The van der Waals surface area contributed by atoms with Crippen LogP contribution >= 0.6 is 0 Å². The van der Waals surface area contributed by atoms with Crippen molar-refractivity contribution in [2.24, 2.45) is 5.92 Å². The van der Waals surface area contributed by atoms with Crippen molar-refractivity contribution in [2.45, 2.75) is 31.9 Å². The quantitative estimate of drug-likeness (QED) is 0.844. The van der Waals surface area contributed by atoms with Crippen molar-refractivity contribution in [1.82, 2.24) is 10.2 Å². The van der Waals surface area contributed by atoms with Crippen LogP contribution in [0.1, 0.15) is 18.9 Å². The van der Waals surface area contributed by atoms with Crippen molar-refractivity contribution in [3.8, 4) is 0 Å². The molecular formula is C16H26N2O. The van der Waals surface area contributed by atoms with Gasteiger partial charge in [-0.15, -0.1) is 0 Å². The monoisotopic (exact) mass is 262 g/mol. The molecule has 0 radical (unpaired) electrons.